The Kier molecular flexibility index (Phi) is 3.56. The first-order valence-corrected chi connectivity index (χ1v) is 6.41. The average molecular weight is 256 g/mol. The molecule has 1 heterocycles. The van der Waals surface area contributed by atoms with Gasteiger partial charge in [0.15, 0.2) is 0 Å². The molecular weight excluding hydrogens is 236 g/mol. The largest absolute Gasteiger partial charge is 0.496 e. The van der Waals surface area contributed by atoms with Crippen LogP contribution < -0.4 is 4.74 Å². The minimum atomic E-state index is 0.809. The van der Waals surface area contributed by atoms with E-state index in [4.69, 9.17) is 4.74 Å². The van der Waals surface area contributed by atoms with E-state index in [1.54, 1.807) is 7.11 Å². The van der Waals surface area contributed by atoms with Crippen molar-refractivity contribution in [2.24, 2.45) is 0 Å². The molecule has 3 heteroatoms. The van der Waals surface area contributed by atoms with Crippen molar-refractivity contribution in [1.82, 2.24) is 9.97 Å². The third-order valence-corrected chi connectivity index (χ3v) is 3.44. The fourth-order valence-corrected chi connectivity index (χ4v) is 2.46. The second-order valence-corrected chi connectivity index (χ2v) is 4.97. The van der Waals surface area contributed by atoms with Gasteiger partial charge in [-0.15, -0.1) is 0 Å². The molecule has 0 fully saturated rings. The number of aromatic nitrogens is 2. The first-order chi connectivity index (χ1) is 8.93. The van der Waals surface area contributed by atoms with Gasteiger partial charge in [-0.2, -0.15) is 0 Å². The minimum Gasteiger partial charge on any atom is -0.496 e. The standard InChI is InChI=1S/C16H20N2O/c1-9-7-14(8-10(2)16(9)19-6)15-11(3)12(4)17-13(5)18-15/h7-8H,1-6H3. The summed E-state index contributed by atoms with van der Waals surface area (Å²) >= 11 is 0. The van der Waals surface area contributed by atoms with Gasteiger partial charge < -0.3 is 4.74 Å². The van der Waals surface area contributed by atoms with E-state index in [-0.39, 0.29) is 0 Å². The summed E-state index contributed by atoms with van der Waals surface area (Å²) in [5.74, 6) is 1.76. The highest BCUT2D eigenvalue weighted by molar-refractivity contribution is 5.67. The third-order valence-electron chi connectivity index (χ3n) is 3.44. The molecule has 0 atom stereocenters. The molecule has 0 N–H and O–H groups in total. The van der Waals surface area contributed by atoms with E-state index >= 15 is 0 Å². The van der Waals surface area contributed by atoms with Crippen LogP contribution in [0.15, 0.2) is 12.1 Å². The predicted octanol–water partition coefficient (Wildman–Crippen LogP) is 3.69. The number of ether oxygens (including phenoxy) is 1. The van der Waals surface area contributed by atoms with Gasteiger partial charge in [0.05, 0.1) is 12.8 Å². The Bertz CT molecular complexity index is 610. The van der Waals surface area contributed by atoms with Crippen molar-refractivity contribution in [3.63, 3.8) is 0 Å². The molecule has 0 spiro atoms. The van der Waals surface area contributed by atoms with Crippen LogP contribution in [-0.4, -0.2) is 17.1 Å². The fourth-order valence-electron chi connectivity index (χ4n) is 2.46. The van der Waals surface area contributed by atoms with E-state index in [1.807, 2.05) is 13.8 Å². The van der Waals surface area contributed by atoms with Crippen LogP contribution in [0.1, 0.15) is 28.2 Å². The average Bonchev–Trinajstić information content (AvgIpc) is 2.33. The smallest absolute Gasteiger partial charge is 0.126 e. The summed E-state index contributed by atoms with van der Waals surface area (Å²) in [5, 5.41) is 0. The van der Waals surface area contributed by atoms with Gasteiger partial charge in [0.25, 0.3) is 0 Å². The summed E-state index contributed by atoms with van der Waals surface area (Å²) < 4.78 is 5.41. The monoisotopic (exact) mass is 256 g/mol. The highest BCUT2D eigenvalue weighted by Gasteiger charge is 2.12. The summed E-state index contributed by atoms with van der Waals surface area (Å²) in [6, 6.07) is 4.25. The van der Waals surface area contributed by atoms with Crippen LogP contribution in [0.3, 0.4) is 0 Å². The fraction of sp³-hybridized carbons (Fsp3) is 0.375. The van der Waals surface area contributed by atoms with Crippen molar-refractivity contribution in [1.29, 1.82) is 0 Å². The van der Waals surface area contributed by atoms with Gasteiger partial charge in [0, 0.05) is 11.3 Å². The minimum absolute atomic E-state index is 0.809. The second kappa shape index (κ2) is 5.00. The van der Waals surface area contributed by atoms with Gasteiger partial charge in [0.1, 0.15) is 11.6 Å². The number of hydrogen-bond donors (Lipinski definition) is 0. The molecule has 0 aliphatic heterocycles. The van der Waals surface area contributed by atoms with E-state index in [9.17, 15) is 0 Å². The van der Waals surface area contributed by atoms with Crippen molar-refractivity contribution in [2.75, 3.05) is 7.11 Å². The maximum Gasteiger partial charge on any atom is 0.126 e. The Morgan fingerprint density at radius 2 is 1.47 bits per heavy atom. The van der Waals surface area contributed by atoms with Crippen molar-refractivity contribution < 1.29 is 4.74 Å². The van der Waals surface area contributed by atoms with Gasteiger partial charge in [-0.25, -0.2) is 9.97 Å². The Morgan fingerprint density at radius 1 is 0.895 bits per heavy atom. The first-order valence-electron chi connectivity index (χ1n) is 6.41. The molecule has 0 aliphatic rings. The highest BCUT2D eigenvalue weighted by atomic mass is 16.5. The summed E-state index contributed by atoms with van der Waals surface area (Å²) in [4.78, 5) is 8.99. The van der Waals surface area contributed by atoms with Crippen LogP contribution >= 0.6 is 0 Å². The van der Waals surface area contributed by atoms with E-state index in [1.165, 1.54) is 0 Å². The predicted molar refractivity (Wildman–Crippen MR) is 77.7 cm³/mol. The van der Waals surface area contributed by atoms with Crippen LogP contribution in [0.25, 0.3) is 11.3 Å². The molecule has 2 rings (SSSR count). The van der Waals surface area contributed by atoms with Crippen LogP contribution in [0.5, 0.6) is 5.75 Å². The van der Waals surface area contributed by atoms with Crippen LogP contribution in [0, 0.1) is 34.6 Å². The molecule has 2 aromatic rings. The Morgan fingerprint density at radius 3 is 2.00 bits per heavy atom. The molecule has 0 unspecified atom stereocenters. The van der Waals surface area contributed by atoms with E-state index in [2.05, 4.69) is 42.9 Å². The number of aryl methyl sites for hydroxylation is 4. The second-order valence-electron chi connectivity index (χ2n) is 4.97. The van der Waals surface area contributed by atoms with Crippen molar-refractivity contribution in [2.45, 2.75) is 34.6 Å². The topological polar surface area (TPSA) is 35.0 Å². The lowest BCUT2D eigenvalue weighted by molar-refractivity contribution is 0.408. The molecule has 0 bridgehead atoms. The summed E-state index contributed by atoms with van der Waals surface area (Å²) in [6.45, 7) is 10.1. The lowest BCUT2D eigenvalue weighted by atomic mass is 10.00. The van der Waals surface area contributed by atoms with Gasteiger partial charge in [-0.1, -0.05) is 0 Å². The van der Waals surface area contributed by atoms with Gasteiger partial charge >= 0.3 is 0 Å². The number of methoxy groups -OCH3 is 1. The molecule has 19 heavy (non-hydrogen) atoms. The van der Waals surface area contributed by atoms with Crippen molar-refractivity contribution in [3.05, 3.63) is 40.3 Å². The number of hydrogen-bond acceptors (Lipinski definition) is 3. The van der Waals surface area contributed by atoms with Gasteiger partial charge in [0.2, 0.25) is 0 Å². The zero-order chi connectivity index (χ0) is 14.2. The molecular formula is C16H20N2O. The van der Waals surface area contributed by atoms with Crippen LogP contribution in [0.2, 0.25) is 0 Å². The van der Waals surface area contributed by atoms with Gasteiger partial charge in [-0.05, 0) is 63.4 Å². The van der Waals surface area contributed by atoms with E-state index in [0.717, 1.165) is 45.2 Å². The molecule has 0 aliphatic carbocycles. The Labute approximate surface area is 114 Å². The molecule has 0 saturated heterocycles. The number of benzene rings is 1. The SMILES string of the molecule is COc1c(C)cc(-c2nc(C)nc(C)c2C)cc1C. The van der Waals surface area contributed by atoms with Crippen molar-refractivity contribution in [3.8, 4) is 17.0 Å². The molecule has 0 saturated carbocycles. The maximum atomic E-state index is 5.41. The quantitative estimate of drug-likeness (QED) is 0.822. The van der Waals surface area contributed by atoms with E-state index < -0.39 is 0 Å². The summed E-state index contributed by atoms with van der Waals surface area (Å²) in [5.41, 5.74) is 6.57. The highest BCUT2D eigenvalue weighted by Crippen LogP contribution is 2.31. The molecule has 3 nitrogen and oxygen atoms in total. The van der Waals surface area contributed by atoms with Crippen LogP contribution in [-0.2, 0) is 0 Å². The Hall–Kier alpha value is -1.90. The van der Waals surface area contributed by atoms with Gasteiger partial charge in [-0.3, -0.25) is 0 Å². The lowest BCUT2D eigenvalue weighted by Crippen LogP contribution is -2.00. The lowest BCUT2D eigenvalue weighted by Gasteiger charge is -2.13. The Balaban J connectivity index is 2.66. The molecule has 1 aromatic carbocycles. The molecule has 100 valence electrons. The normalized spacial score (nSPS) is 10.6. The molecule has 0 amide bonds. The third kappa shape index (κ3) is 2.46. The maximum absolute atomic E-state index is 5.41. The zero-order valence-electron chi connectivity index (χ0n) is 12.5. The number of rotatable bonds is 2. The molecule has 1 aromatic heterocycles. The molecule has 0 radical (unpaired) electrons. The summed E-state index contributed by atoms with van der Waals surface area (Å²) in [6.07, 6.45) is 0. The van der Waals surface area contributed by atoms with E-state index in [0.29, 0.717) is 0 Å². The van der Waals surface area contributed by atoms with Crippen LogP contribution in [0.4, 0.5) is 0 Å². The first kappa shape index (κ1) is 13.5. The van der Waals surface area contributed by atoms with Crippen molar-refractivity contribution >= 4 is 0 Å². The summed E-state index contributed by atoms with van der Waals surface area (Å²) in [7, 11) is 1.71. The number of nitrogens with zero attached hydrogens (tertiary/aromatic N) is 2. The zero-order valence-corrected chi connectivity index (χ0v) is 12.5.